The van der Waals surface area contributed by atoms with Crippen LogP contribution < -0.4 is 16.2 Å². The molecule has 0 aliphatic rings. The van der Waals surface area contributed by atoms with Gasteiger partial charge in [-0.2, -0.15) is 0 Å². The van der Waals surface area contributed by atoms with E-state index in [1.54, 1.807) is 18.2 Å². The van der Waals surface area contributed by atoms with E-state index in [2.05, 4.69) is 0 Å². The number of carboxylic acid groups (broad SMARTS) is 1. The van der Waals surface area contributed by atoms with E-state index in [9.17, 15) is 14.0 Å². The van der Waals surface area contributed by atoms with E-state index in [1.807, 2.05) is 0 Å². The Labute approximate surface area is 146 Å². The molecule has 8 heteroatoms. The van der Waals surface area contributed by atoms with E-state index in [1.165, 1.54) is 29.9 Å². The summed E-state index contributed by atoms with van der Waals surface area (Å²) in [6, 6.07) is 8.63. The lowest BCUT2D eigenvalue weighted by atomic mass is 10.1. The van der Waals surface area contributed by atoms with Crippen LogP contribution in [0.15, 0.2) is 47.4 Å². The van der Waals surface area contributed by atoms with Crippen LogP contribution in [0.2, 0.25) is 5.02 Å². The highest BCUT2D eigenvalue weighted by Gasteiger charge is 2.16. The molecule has 25 heavy (non-hydrogen) atoms. The fraction of sp³-hybridized carbons (Fsp3) is 0.0588. The minimum atomic E-state index is -1.31. The molecular weight excluding hydrogens is 349 g/mol. The first-order valence-electron chi connectivity index (χ1n) is 7.16. The van der Waals surface area contributed by atoms with E-state index >= 15 is 0 Å². The molecule has 128 valence electrons. The van der Waals surface area contributed by atoms with Crippen molar-refractivity contribution in [3.63, 3.8) is 0 Å². The number of fused-ring (bicyclic) bond motifs is 1. The van der Waals surface area contributed by atoms with Crippen molar-refractivity contribution in [3.8, 4) is 5.69 Å². The summed E-state index contributed by atoms with van der Waals surface area (Å²) in [6.07, 6.45) is 0.185. The molecule has 3 rings (SSSR count). The molecule has 2 aromatic carbocycles. The minimum absolute atomic E-state index is 0.107. The molecule has 1 aromatic heterocycles. The Hall–Kier alpha value is -3.06. The molecule has 0 unspecified atom stereocenters. The second-order valence-electron chi connectivity index (χ2n) is 5.43. The smallest absolute Gasteiger partial charge is 0.411 e. The summed E-state index contributed by atoms with van der Waals surface area (Å²) in [4.78, 5) is 24.5. The number of amides is 1. The van der Waals surface area contributed by atoms with Gasteiger partial charge in [0.15, 0.2) is 0 Å². The summed E-state index contributed by atoms with van der Waals surface area (Å²) in [7, 11) is 1.22. The van der Waals surface area contributed by atoms with Gasteiger partial charge in [0, 0.05) is 18.9 Å². The van der Waals surface area contributed by atoms with Gasteiger partial charge in [0.2, 0.25) is 0 Å². The van der Waals surface area contributed by atoms with Crippen molar-refractivity contribution >= 4 is 39.8 Å². The van der Waals surface area contributed by atoms with Crippen LogP contribution in [0.1, 0.15) is 0 Å². The number of nitrogens with zero attached hydrogens (tertiary/aromatic N) is 2. The van der Waals surface area contributed by atoms with Crippen molar-refractivity contribution in [2.75, 3.05) is 17.7 Å². The van der Waals surface area contributed by atoms with Gasteiger partial charge < -0.3 is 10.8 Å². The summed E-state index contributed by atoms with van der Waals surface area (Å²) in [5.74, 6) is -0.810. The molecule has 0 bridgehead atoms. The third-order valence-electron chi connectivity index (χ3n) is 3.85. The van der Waals surface area contributed by atoms with Crippen LogP contribution in [0.3, 0.4) is 0 Å². The maximum atomic E-state index is 14.3. The molecule has 0 spiro atoms. The normalized spacial score (nSPS) is 10.8. The molecule has 0 aliphatic heterocycles. The summed E-state index contributed by atoms with van der Waals surface area (Å²) in [5, 5.41) is 9.80. The third kappa shape index (κ3) is 2.89. The van der Waals surface area contributed by atoms with Gasteiger partial charge in [0.1, 0.15) is 5.82 Å². The number of hydrogen-bond donors (Lipinski definition) is 2. The van der Waals surface area contributed by atoms with Crippen LogP contribution in [-0.4, -0.2) is 22.8 Å². The summed E-state index contributed by atoms with van der Waals surface area (Å²) < 4.78 is 15.6. The molecule has 0 fully saturated rings. The maximum Gasteiger partial charge on any atom is 0.411 e. The van der Waals surface area contributed by atoms with Gasteiger partial charge in [0.25, 0.3) is 5.56 Å². The van der Waals surface area contributed by atoms with Gasteiger partial charge >= 0.3 is 6.09 Å². The predicted octanol–water partition coefficient (Wildman–Crippen LogP) is 3.48. The van der Waals surface area contributed by atoms with E-state index in [-0.39, 0.29) is 16.1 Å². The molecule has 0 saturated heterocycles. The van der Waals surface area contributed by atoms with Gasteiger partial charge in [-0.25, -0.2) is 9.18 Å². The Morgan fingerprint density at radius 2 is 2.00 bits per heavy atom. The molecule has 3 N–H and O–H groups in total. The van der Waals surface area contributed by atoms with Crippen LogP contribution in [0.4, 0.5) is 20.6 Å². The largest absolute Gasteiger partial charge is 0.465 e. The number of halogens is 2. The first-order valence-corrected chi connectivity index (χ1v) is 7.54. The number of nitrogens with two attached hydrogens (primary N) is 1. The Bertz CT molecular complexity index is 1060. The van der Waals surface area contributed by atoms with E-state index < -0.39 is 17.5 Å². The Kier molecular flexibility index (Phi) is 4.10. The number of rotatable bonds is 2. The average Bonchev–Trinajstić information content (AvgIpc) is 2.55. The van der Waals surface area contributed by atoms with Crippen LogP contribution in [0.5, 0.6) is 0 Å². The van der Waals surface area contributed by atoms with Crippen molar-refractivity contribution in [2.45, 2.75) is 0 Å². The maximum absolute atomic E-state index is 14.3. The zero-order valence-corrected chi connectivity index (χ0v) is 13.8. The van der Waals surface area contributed by atoms with Gasteiger partial charge in [-0.15, -0.1) is 0 Å². The lowest BCUT2D eigenvalue weighted by Crippen LogP contribution is -2.25. The van der Waals surface area contributed by atoms with Crippen LogP contribution in [-0.2, 0) is 0 Å². The van der Waals surface area contributed by atoms with E-state index in [4.69, 9.17) is 22.4 Å². The predicted molar refractivity (Wildman–Crippen MR) is 95.4 cm³/mol. The Morgan fingerprint density at radius 1 is 1.28 bits per heavy atom. The van der Waals surface area contributed by atoms with Crippen molar-refractivity contribution < 1.29 is 14.3 Å². The van der Waals surface area contributed by atoms with Gasteiger partial charge in [-0.3, -0.25) is 14.3 Å². The fourth-order valence-electron chi connectivity index (χ4n) is 2.52. The first-order chi connectivity index (χ1) is 11.8. The van der Waals surface area contributed by atoms with Crippen LogP contribution in [0.25, 0.3) is 16.5 Å². The highest BCUT2D eigenvalue weighted by Crippen LogP contribution is 2.26. The molecule has 0 aliphatic carbocycles. The Morgan fingerprint density at radius 3 is 2.64 bits per heavy atom. The lowest BCUT2D eigenvalue weighted by molar-refractivity contribution is 0.203. The number of aromatic nitrogens is 1. The molecule has 6 nitrogen and oxygen atoms in total. The zero-order valence-electron chi connectivity index (χ0n) is 13.0. The number of nitrogen functional groups attached to an aromatic ring is 1. The SMILES string of the molecule is CN(C(=O)O)c1cc2ccn(-c3ccc(N)cc3Cl)c(=O)c2cc1F. The highest BCUT2D eigenvalue weighted by molar-refractivity contribution is 6.32. The zero-order chi connectivity index (χ0) is 18.3. The quantitative estimate of drug-likeness (QED) is 0.684. The third-order valence-corrected chi connectivity index (χ3v) is 4.15. The van der Waals surface area contributed by atoms with Gasteiger partial charge in [0.05, 0.1) is 21.8 Å². The second kappa shape index (κ2) is 6.10. The molecule has 3 aromatic rings. The van der Waals surface area contributed by atoms with Crippen molar-refractivity contribution in [1.82, 2.24) is 4.57 Å². The molecule has 0 radical (unpaired) electrons. The Balaban J connectivity index is 2.23. The minimum Gasteiger partial charge on any atom is -0.465 e. The number of anilines is 2. The second-order valence-corrected chi connectivity index (χ2v) is 5.84. The van der Waals surface area contributed by atoms with E-state index in [0.29, 0.717) is 16.8 Å². The number of benzene rings is 2. The van der Waals surface area contributed by atoms with Crippen LogP contribution >= 0.6 is 11.6 Å². The van der Waals surface area contributed by atoms with Crippen molar-refractivity contribution in [3.05, 3.63) is 63.8 Å². The summed E-state index contributed by atoms with van der Waals surface area (Å²) in [6.45, 7) is 0. The summed E-state index contributed by atoms with van der Waals surface area (Å²) >= 11 is 6.13. The number of carbonyl (C=O) groups is 1. The van der Waals surface area contributed by atoms with Gasteiger partial charge in [-0.05, 0) is 41.8 Å². The first kappa shape index (κ1) is 16.8. The van der Waals surface area contributed by atoms with Gasteiger partial charge in [-0.1, -0.05) is 11.6 Å². The molecular formula is C17H13ClFN3O3. The van der Waals surface area contributed by atoms with Crippen LogP contribution in [0, 0.1) is 5.82 Å². The van der Waals surface area contributed by atoms with E-state index in [0.717, 1.165) is 11.0 Å². The lowest BCUT2D eigenvalue weighted by Gasteiger charge is -2.15. The molecule has 1 amide bonds. The number of hydrogen-bond acceptors (Lipinski definition) is 3. The molecule has 0 atom stereocenters. The topological polar surface area (TPSA) is 88.6 Å². The molecule has 0 saturated carbocycles. The van der Waals surface area contributed by atoms with Crippen molar-refractivity contribution in [1.29, 1.82) is 0 Å². The monoisotopic (exact) mass is 361 g/mol. The highest BCUT2D eigenvalue weighted by atomic mass is 35.5. The standard InChI is InChI=1S/C17H13ClFN3O3/c1-21(17(24)25)15-6-9-4-5-22(16(23)11(9)8-13(15)19)14-3-2-10(20)7-12(14)18/h2-8H,20H2,1H3,(H,24,25). The molecule has 1 heterocycles. The summed E-state index contributed by atoms with van der Waals surface area (Å²) in [5.41, 5.74) is 5.90. The average molecular weight is 362 g/mol. The fourth-order valence-corrected chi connectivity index (χ4v) is 2.80. The van der Waals surface area contributed by atoms with Crippen molar-refractivity contribution in [2.24, 2.45) is 0 Å². The number of pyridine rings is 1.